The third-order valence-corrected chi connectivity index (χ3v) is 9.29. The van der Waals surface area contributed by atoms with Crippen molar-refractivity contribution in [2.24, 2.45) is 0 Å². The molecule has 0 radical (unpaired) electrons. The molecule has 0 rings (SSSR count). The Hall–Kier alpha value is -1.17. The van der Waals surface area contributed by atoms with E-state index in [1.807, 2.05) is 0 Å². The Bertz CT molecular complexity index is 632. The molecule has 0 unspecified atom stereocenters. The molecule has 48 heavy (non-hydrogen) atoms. The first kappa shape index (κ1) is 46.8. The summed E-state index contributed by atoms with van der Waals surface area (Å²) in [7, 11) is 0. The number of carbonyl (C=O) groups is 1. The van der Waals surface area contributed by atoms with Crippen molar-refractivity contribution in [1.82, 2.24) is 4.90 Å². The molecule has 0 aliphatic heterocycles. The predicted octanol–water partition coefficient (Wildman–Crippen LogP) is 12.3. The van der Waals surface area contributed by atoms with Gasteiger partial charge >= 0.3 is 0 Å². The molecule has 284 valence electrons. The van der Waals surface area contributed by atoms with Crippen LogP contribution in [-0.2, 0) is 14.3 Å². The topological polar surface area (TPSA) is 59.0 Å². The van der Waals surface area contributed by atoms with Crippen molar-refractivity contribution in [2.45, 2.75) is 200 Å². The molecule has 0 saturated carbocycles. The van der Waals surface area contributed by atoms with Gasteiger partial charge < -0.3 is 19.5 Å². The fourth-order valence-electron chi connectivity index (χ4n) is 6.07. The van der Waals surface area contributed by atoms with Crippen LogP contribution in [0.4, 0.5) is 0 Å². The molecular weight excluding hydrogens is 594 g/mol. The largest absolute Gasteiger partial charge is 0.396 e. The van der Waals surface area contributed by atoms with Crippen LogP contribution >= 0.6 is 0 Å². The molecule has 1 amide bonds. The predicted molar refractivity (Wildman–Crippen MR) is 209 cm³/mol. The highest BCUT2D eigenvalue weighted by Gasteiger charge is 2.12. The number of nitrogens with zero attached hydrogens (tertiary/aromatic N) is 1. The van der Waals surface area contributed by atoms with Gasteiger partial charge in [-0.3, -0.25) is 4.79 Å². The van der Waals surface area contributed by atoms with Crippen LogP contribution in [0.3, 0.4) is 0 Å². The molecule has 0 bridgehead atoms. The van der Waals surface area contributed by atoms with E-state index in [0.29, 0.717) is 26.3 Å². The van der Waals surface area contributed by atoms with Crippen LogP contribution in [0, 0.1) is 0 Å². The van der Waals surface area contributed by atoms with Gasteiger partial charge in [-0.05, 0) is 64.2 Å². The highest BCUT2D eigenvalue weighted by Crippen LogP contribution is 2.12. The van der Waals surface area contributed by atoms with E-state index in [2.05, 4.69) is 38.2 Å². The number of amides is 1. The van der Waals surface area contributed by atoms with Crippen LogP contribution in [0.1, 0.15) is 200 Å². The highest BCUT2D eigenvalue weighted by molar-refractivity contribution is 5.76. The molecule has 0 aliphatic carbocycles. The number of ether oxygens (including phenoxy) is 2. The first-order valence-electron chi connectivity index (χ1n) is 21.1. The second-order valence-electron chi connectivity index (χ2n) is 14.0. The lowest BCUT2D eigenvalue weighted by molar-refractivity contribution is -0.133. The fourth-order valence-corrected chi connectivity index (χ4v) is 6.07. The monoisotopic (exact) mass is 678 g/mol. The summed E-state index contributed by atoms with van der Waals surface area (Å²) in [6.07, 6.45) is 46.3. The molecule has 0 aliphatic rings. The van der Waals surface area contributed by atoms with Crippen LogP contribution in [0.15, 0.2) is 24.3 Å². The summed E-state index contributed by atoms with van der Waals surface area (Å²) in [4.78, 5) is 14.2. The van der Waals surface area contributed by atoms with E-state index in [1.54, 1.807) is 4.90 Å². The van der Waals surface area contributed by atoms with E-state index in [1.165, 1.54) is 167 Å². The summed E-state index contributed by atoms with van der Waals surface area (Å²) in [6, 6.07) is 0. The second kappa shape index (κ2) is 42.0. The van der Waals surface area contributed by atoms with Crippen LogP contribution in [0.5, 0.6) is 0 Å². The molecule has 5 heteroatoms. The molecule has 0 fully saturated rings. The van der Waals surface area contributed by atoms with Gasteiger partial charge in [0.25, 0.3) is 0 Å². The molecule has 5 nitrogen and oxygen atoms in total. The number of aliphatic hydroxyl groups is 1. The van der Waals surface area contributed by atoms with E-state index in [4.69, 9.17) is 9.47 Å². The fraction of sp³-hybridized carbons (Fsp3) is 0.884. The maximum atomic E-state index is 12.4. The standard InChI is InChI=1S/C43H83NO4/c1-3-5-7-9-11-13-15-17-19-21-23-25-27-29-31-33-39-47-41-36-44(43(46)35-38-45)37-42-48-40-34-32-30-28-26-24-22-20-18-16-14-12-10-8-6-4-2/h17-20,45H,3-16,21-42H2,1-2H3/b19-17-,20-18-. The van der Waals surface area contributed by atoms with Crippen molar-refractivity contribution in [3.63, 3.8) is 0 Å². The number of aliphatic hydroxyl groups excluding tert-OH is 1. The summed E-state index contributed by atoms with van der Waals surface area (Å²) in [5.74, 6) is -0.0146. The number of rotatable bonds is 40. The van der Waals surface area contributed by atoms with Crippen LogP contribution in [0.25, 0.3) is 0 Å². The minimum absolute atomic E-state index is 0.0146. The van der Waals surface area contributed by atoms with Gasteiger partial charge in [0, 0.05) is 32.7 Å². The third kappa shape index (κ3) is 37.6. The number of hydrogen-bond donors (Lipinski definition) is 1. The number of unbranched alkanes of at least 4 members (excludes halogenated alkanes) is 24. The quantitative estimate of drug-likeness (QED) is 0.0518. The normalized spacial score (nSPS) is 11.8. The van der Waals surface area contributed by atoms with Gasteiger partial charge in [-0.2, -0.15) is 0 Å². The van der Waals surface area contributed by atoms with Crippen molar-refractivity contribution in [2.75, 3.05) is 46.1 Å². The van der Waals surface area contributed by atoms with E-state index in [0.717, 1.165) is 26.1 Å². The van der Waals surface area contributed by atoms with Crippen molar-refractivity contribution < 1.29 is 19.4 Å². The summed E-state index contributed by atoms with van der Waals surface area (Å²) >= 11 is 0. The summed E-state index contributed by atoms with van der Waals surface area (Å²) in [5, 5.41) is 9.24. The zero-order valence-electron chi connectivity index (χ0n) is 32.4. The number of carbonyl (C=O) groups excluding carboxylic acids is 1. The lowest BCUT2D eigenvalue weighted by Gasteiger charge is -2.22. The third-order valence-electron chi connectivity index (χ3n) is 9.29. The SMILES string of the molecule is CCCCCCCC/C=C\CCCCCCCCOCCN(CCOCCCCCCCC/C=C\CCCCCCCC)C(=O)CCO. The first-order chi connectivity index (χ1) is 23.8. The van der Waals surface area contributed by atoms with Gasteiger partial charge in [-0.25, -0.2) is 0 Å². The smallest absolute Gasteiger partial charge is 0.225 e. The number of hydrogen-bond acceptors (Lipinski definition) is 4. The van der Waals surface area contributed by atoms with Crippen molar-refractivity contribution in [3.05, 3.63) is 24.3 Å². The summed E-state index contributed by atoms with van der Waals surface area (Å²) in [6.45, 7) is 8.21. The van der Waals surface area contributed by atoms with Gasteiger partial charge in [0.2, 0.25) is 5.91 Å². The van der Waals surface area contributed by atoms with E-state index in [-0.39, 0.29) is 18.9 Å². The minimum Gasteiger partial charge on any atom is -0.396 e. The Balaban J connectivity index is 3.60. The maximum Gasteiger partial charge on any atom is 0.225 e. The Morgan fingerprint density at radius 1 is 0.458 bits per heavy atom. The van der Waals surface area contributed by atoms with Gasteiger partial charge in [-0.1, -0.05) is 154 Å². The van der Waals surface area contributed by atoms with Gasteiger partial charge in [0.1, 0.15) is 0 Å². The molecular formula is C43H83NO4. The Kier molecular flexibility index (Phi) is 41.0. The van der Waals surface area contributed by atoms with Crippen molar-refractivity contribution in [1.29, 1.82) is 0 Å². The lowest BCUT2D eigenvalue weighted by atomic mass is 10.1. The lowest BCUT2D eigenvalue weighted by Crippen LogP contribution is -2.37. The molecule has 0 spiro atoms. The molecule has 0 aromatic heterocycles. The summed E-state index contributed by atoms with van der Waals surface area (Å²) < 4.78 is 11.7. The Labute approximate surface area is 300 Å². The van der Waals surface area contributed by atoms with E-state index in [9.17, 15) is 9.90 Å². The average Bonchev–Trinajstić information content (AvgIpc) is 3.09. The minimum atomic E-state index is -0.109. The molecule has 0 aromatic carbocycles. The Morgan fingerprint density at radius 2 is 0.771 bits per heavy atom. The molecule has 0 heterocycles. The van der Waals surface area contributed by atoms with Crippen molar-refractivity contribution in [3.8, 4) is 0 Å². The van der Waals surface area contributed by atoms with Gasteiger partial charge in [0.15, 0.2) is 0 Å². The van der Waals surface area contributed by atoms with Crippen LogP contribution in [-0.4, -0.2) is 62.0 Å². The van der Waals surface area contributed by atoms with Crippen molar-refractivity contribution >= 4 is 5.91 Å². The highest BCUT2D eigenvalue weighted by atomic mass is 16.5. The van der Waals surface area contributed by atoms with Gasteiger partial charge in [0.05, 0.1) is 19.8 Å². The van der Waals surface area contributed by atoms with E-state index >= 15 is 0 Å². The zero-order chi connectivity index (χ0) is 34.9. The molecule has 0 saturated heterocycles. The number of allylic oxidation sites excluding steroid dienone is 4. The van der Waals surface area contributed by atoms with E-state index < -0.39 is 0 Å². The average molecular weight is 678 g/mol. The molecule has 0 aromatic rings. The summed E-state index contributed by atoms with van der Waals surface area (Å²) in [5.41, 5.74) is 0. The second-order valence-corrected chi connectivity index (χ2v) is 14.0. The zero-order valence-corrected chi connectivity index (χ0v) is 32.4. The van der Waals surface area contributed by atoms with Crippen LogP contribution < -0.4 is 0 Å². The maximum absolute atomic E-state index is 12.4. The molecule has 1 N–H and O–H groups in total. The molecule has 0 atom stereocenters. The van der Waals surface area contributed by atoms with Crippen LogP contribution in [0.2, 0.25) is 0 Å². The Morgan fingerprint density at radius 3 is 1.10 bits per heavy atom. The first-order valence-corrected chi connectivity index (χ1v) is 21.1. The van der Waals surface area contributed by atoms with Gasteiger partial charge in [-0.15, -0.1) is 0 Å².